The molecule has 0 unspecified atom stereocenters. The Morgan fingerprint density at radius 2 is 2.00 bits per heavy atom. The molecule has 0 spiro atoms. The van der Waals surface area contributed by atoms with E-state index in [1.165, 1.54) is 6.42 Å². The number of para-hydroxylation sites is 1. The molecule has 6 heteroatoms. The normalized spacial score (nSPS) is 21.1. The van der Waals surface area contributed by atoms with Gasteiger partial charge in [0, 0.05) is 18.5 Å². The van der Waals surface area contributed by atoms with E-state index in [1.807, 2.05) is 29.2 Å². The minimum atomic E-state index is -0.0603. The summed E-state index contributed by atoms with van der Waals surface area (Å²) in [7, 11) is 0. The number of nitrogens with zero attached hydrogens (tertiary/aromatic N) is 4. The molecule has 0 radical (unpaired) electrons. The molecular formula is C18H21ClN4O. The van der Waals surface area contributed by atoms with Gasteiger partial charge in [0.25, 0.3) is 5.91 Å². The van der Waals surface area contributed by atoms with Crippen LogP contribution in [0.1, 0.15) is 61.4 Å². The Labute approximate surface area is 146 Å². The zero-order chi connectivity index (χ0) is 16.7. The summed E-state index contributed by atoms with van der Waals surface area (Å²) >= 11 is 6.33. The van der Waals surface area contributed by atoms with Crippen LogP contribution in [0.25, 0.3) is 5.69 Å². The van der Waals surface area contributed by atoms with Crippen molar-refractivity contribution in [1.82, 2.24) is 19.7 Å². The summed E-state index contributed by atoms with van der Waals surface area (Å²) in [4.78, 5) is 19.4. The zero-order valence-electron chi connectivity index (χ0n) is 13.8. The van der Waals surface area contributed by atoms with Crippen LogP contribution in [-0.2, 0) is 0 Å². The quantitative estimate of drug-likeness (QED) is 0.850. The molecule has 1 amide bonds. The van der Waals surface area contributed by atoms with Crippen LogP contribution < -0.4 is 0 Å². The number of rotatable bonds is 3. The summed E-state index contributed by atoms with van der Waals surface area (Å²) in [5.74, 6) is 1.48. The lowest BCUT2D eigenvalue weighted by Crippen LogP contribution is -2.42. The van der Waals surface area contributed by atoms with E-state index in [2.05, 4.69) is 17.0 Å². The predicted octanol–water partition coefficient (Wildman–Crippen LogP) is 3.81. The molecule has 1 aliphatic heterocycles. The van der Waals surface area contributed by atoms with Gasteiger partial charge >= 0.3 is 0 Å². The second-order valence-corrected chi connectivity index (χ2v) is 7.18. The third kappa shape index (κ3) is 2.81. The van der Waals surface area contributed by atoms with E-state index in [0.29, 0.717) is 16.8 Å². The molecule has 24 heavy (non-hydrogen) atoms. The van der Waals surface area contributed by atoms with Crippen molar-refractivity contribution in [2.45, 2.75) is 51.0 Å². The number of aromatic nitrogens is 3. The van der Waals surface area contributed by atoms with Crippen molar-refractivity contribution in [1.29, 1.82) is 0 Å². The molecule has 4 rings (SSSR count). The molecule has 1 aliphatic carbocycles. The Hall–Kier alpha value is -1.88. The van der Waals surface area contributed by atoms with Crippen molar-refractivity contribution in [2.24, 2.45) is 0 Å². The fourth-order valence-corrected chi connectivity index (χ4v) is 3.57. The average Bonchev–Trinajstić information content (AvgIpc) is 3.34. The highest BCUT2D eigenvalue weighted by Gasteiger charge is 2.34. The van der Waals surface area contributed by atoms with Gasteiger partial charge < -0.3 is 4.90 Å². The first-order valence-corrected chi connectivity index (χ1v) is 9.06. The van der Waals surface area contributed by atoms with Crippen LogP contribution in [0.3, 0.4) is 0 Å². The predicted molar refractivity (Wildman–Crippen MR) is 92.7 cm³/mol. The monoisotopic (exact) mass is 344 g/mol. The standard InChI is InChI=1S/C18H21ClN4O/c1-12-6-4-5-11-22(12)18(24)16-20-17(13-9-10-13)23(21-16)15-8-3-2-7-14(15)19/h2-3,7-8,12-13H,4-6,9-11H2,1H3/t12-/m0/s1. The molecule has 126 valence electrons. The average molecular weight is 345 g/mol. The number of piperidine rings is 1. The number of benzene rings is 1. The van der Waals surface area contributed by atoms with E-state index in [0.717, 1.165) is 43.7 Å². The third-order valence-corrected chi connectivity index (χ3v) is 5.23. The Morgan fingerprint density at radius 3 is 2.71 bits per heavy atom. The van der Waals surface area contributed by atoms with Gasteiger partial charge in [-0.2, -0.15) is 0 Å². The fraction of sp³-hybridized carbons (Fsp3) is 0.500. The second kappa shape index (κ2) is 6.20. The van der Waals surface area contributed by atoms with E-state index in [9.17, 15) is 4.79 Å². The number of hydrogen-bond donors (Lipinski definition) is 0. The lowest BCUT2D eigenvalue weighted by Gasteiger charge is -2.32. The van der Waals surface area contributed by atoms with Crippen LogP contribution in [0, 0.1) is 0 Å². The zero-order valence-corrected chi connectivity index (χ0v) is 14.5. The topological polar surface area (TPSA) is 51.0 Å². The number of carbonyl (C=O) groups is 1. The van der Waals surface area contributed by atoms with Gasteiger partial charge in [0.2, 0.25) is 5.82 Å². The van der Waals surface area contributed by atoms with E-state index < -0.39 is 0 Å². The van der Waals surface area contributed by atoms with Crippen molar-refractivity contribution in [3.05, 3.63) is 40.9 Å². The van der Waals surface area contributed by atoms with Crippen LogP contribution >= 0.6 is 11.6 Å². The smallest absolute Gasteiger partial charge is 0.293 e. The van der Waals surface area contributed by atoms with Crippen molar-refractivity contribution in [3.8, 4) is 5.69 Å². The lowest BCUT2D eigenvalue weighted by atomic mass is 10.0. The molecule has 1 saturated carbocycles. The van der Waals surface area contributed by atoms with Crippen LogP contribution in [-0.4, -0.2) is 38.2 Å². The molecule has 2 fully saturated rings. The van der Waals surface area contributed by atoms with Crippen LogP contribution in [0.5, 0.6) is 0 Å². The summed E-state index contributed by atoms with van der Waals surface area (Å²) in [6.45, 7) is 2.89. The largest absolute Gasteiger partial charge is 0.333 e. The summed E-state index contributed by atoms with van der Waals surface area (Å²) in [5, 5.41) is 5.16. The van der Waals surface area contributed by atoms with Gasteiger partial charge in [-0.15, -0.1) is 5.10 Å². The summed E-state index contributed by atoms with van der Waals surface area (Å²) in [6, 6.07) is 7.82. The van der Waals surface area contributed by atoms with Gasteiger partial charge in [-0.1, -0.05) is 23.7 Å². The van der Waals surface area contributed by atoms with Gasteiger partial charge in [-0.25, -0.2) is 9.67 Å². The number of halogens is 1. The molecule has 5 nitrogen and oxygen atoms in total. The number of amides is 1. The molecule has 2 heterocycles. The Morgan fingerprint density at radius 1 is 1.21 bits per heavy atom. The summed E-state index contributed by atoms with van der Waals surface area (Å²) in [6.07, 6.45) is 5.47. The molecule has 0 N–H and O–H groups in total. The van der Waals surface area contributed by atoms with Gasteiger partial charge in [-0.05, 0) is 51.2 Å². The highest BCUT2D eigenvalue weighted by atomic mass is 35.5. The fourth-order valence-electron chi connectivity index (χ4n) is 3.35. The first-order chi connectivity index (χ1) is 11.6. The highest BCUT2D eigenvalue weighted by Crippen LogP contribution is 2.40. The first-order valence-electron chi connectivity index (χ1n) is 8.68. The molecule has 1 atom stereocenters. The maximum absolute atomic E-state index is 12.9. The Balaban J connectivity index is 1.71. The third-order valence-electron chi connectivity index (χ3n) is 4.91. The Kier molecular flexibility index (Phi) is 4.04. The van der Waals surface area contributed by atoms with Gasteiger partial charge in [0.05, 0.1) is 10.7 Å². The molecule has 1 aromatic carbocycles. The van der Waals surface area contributed by atoms with Crippen LogP contribution in [0.15, 0.2) is 24.3 Å². The SMILES string of the molecule is C[C@H]1CCCCN1C(=O)c1nc(C2CC2)n(-c2ccccc2Cl)n1. The van der Waals surface area contributed by atoms with Gasteiger partial charge in [0.1, 0.15) is 5.82 Å². The lowest BCUT2D eigenvalue weighted by molar-refractivity contribution is 0.0623. The molecule has 2 aromatic rings. The second-order valence-electron chi connectivity index (χ2n) is 6.77. The summed E-state index contributed by atoms with van der Waals surface area (Å²) in [5.41, 5.74) is 0.791. The van der Waals surface area contributed by atoms with E-state index in [1.54, 1.807) is 4.68 Å². The summed E-state index contributed by atoms with van der Waals surface area (Å²) < 4.78 is 1.77. The molecule has 2 aliphatic rings. The van der Waals surface area contributed by atoms with Gasteiger partial charge in [-0.3, -0.25) is 4.79 Å². The van der Waals surface area contributed by atoms with Crippen molar-refractivity contribution < 1.29 is 4.79 Å². The van der Waals surface area contributed by atoms with Crippen molar-refractivity contribution >= 4 is 17.5 Å². The van der Waals surface area contributed by atoms with E-state index in [4.69, 9.17) is 11.6 Å². The molecular weight excluding hydrogens is 324 g/mol. The minimum absolute atomic E-state index is 0.0603. The van der Waals surface area contributed by atoms with Crippen LogP contribution in [0.4, 0.5) is 0 Å². The molecule has 1 saturated heterocycles. The first kappa shape index (κ1) is 15.6. The maximum atomic E-state index is 12.9. The number of hydrogen-bond acceptors (Lipinski definition) is 3. The van der Waals surface area contributed by atoms with Crippen molar-refractivity contribution in [3.63, 3.8) is 0 Å². The maximum Gasteiger partial charge on any atom is 0.293 e. The van der Waals surface area contributed by atoms with E-state index >= 15 is 0 Å². The molecule has 1 aromatic heterocycles. The molecule has 0 bridgehead atoms. The van der Waals surface area contributed by atoms with Crippen LogP contribution in [0.2, 0.25) is 5.02 Å². The number of carbonyl (C=O) groups excluding carboxylic acids is 1. The van der Waals surface area contributed by atoms with E-state index in [-0.39, 0.29) is 11.9 Å². The van der Waals surface area contributed by atoms with Crippen molar-refractivity contribution in [2.75, 3.05) is 6.54 Å². The van der Waals surface area contributed by atoms with Gasteiger partial charge in [0.15, 0.2) is 0 Å². The highest BCUT2D eigenvalue weighted by molar-refractivity contribution is 6.32. The number of likely N-dealkylation sites (tertiary alicyclic amines) is 1. The minimum Gasteiger partial charge on any atom is -0.333 e. The Bertz CT molecular complexity index is 768.